The van der Waals surface area contributed by atoms with Crippen LogP contribution in [0.5, 0.6) is 0 Å². The minimum Gasteiger partial charge on any atom is -0.341 e. The van der Waals surface area contributed by atoms with Gasteiger partial charge in [-0.05, 0) is 0 Å². The van der Waals surface area contributed by atoms with Crippen molar-refractivity contribution in [1.29, 1.82) is 0 Å². The maximum Gasteiger partial charge on any atom is 0.222 e. The lowest BCUT2D eigenvalue weighted by Crippen LogP contribution is -2.37. The first-order valence-corrected chi connectivity index (χ1v) is 5.85. The Morgan fingerprint density at radius 3 is 2.25 bits per heavy atom. The number of hydrogen-bond donors (Lipinski definition) is 0. The smallest absolute Gasteiger partial charge is 0.222 e. The summed E-state index contributed by atoms with van der Waals surface area (Å²) in [5.41, 5.74) is 0. The number of nitrogens with zero attached hydrogens (tertiary/aromatic N) is 1. The van der Waals surface area contributed by atoms with E-state index in [1.54, 1.807) is 0 Å². The highest BCUT2D eigenvalue weighted by atomic mass is 32.2. The summed E-state index contributed by atoms with van der Waals surface area (Å²) in [4.78, 5) is 13.0. The largest absolute Gasteiger partial charge is 0.341 e. The Balaban J connectivity index is 0.000000561. The van der Waals surface area contributed by atoms with Crippen LogP contribution >= 0.6 is 11.8 Å². The third kappa shape index (κ3) is 4.00. The first-order chi connectivity index (χ1) is 5.84. The van der Waals surface area contributed by atoms with Crippen LogP contribution in [0.2, 0.25) is 0 Å². The molecule has 1 aliphatic rings. The van der Waals surface area contributed by atoms with Crippen molar-refractivity contribution in [2.45, 2.75) is 27.2 Å². The quantitative estimate of drug-likeness (QED) is 0.629. The minimum atomic E-state index is 0.306. The standard InChI is InChI=1S/C7H13NOS.C2H6/c1-2-7(9)8-3-5-10-6-4-8;1-2/h2-6H2,1H3;1-2H3. The highest BCUT2D eigenvalue weighted by molar-refractivity contribution is 7.99. The van der Waals surface area contributed by atoms with Gasteiger partial charge in [0.05, 0.1) is 0 Å². The number of hydrogen-bond acceptors (Lipinski definition) is 2. The lowest BCUT2D eigenvalue weighted by molar-refractivity contribution is -0.130. The fourth-order valence-corrected chi connectivity index (χ4v) is 1.94. The molecular weight excluding hydrogens is 170 g/mol. The zero-order valence-corrected chi connectivity index (χ0v) is 9.12. The maximum atomic E-state index is 11.1. The van der Waals surface area contributed by atoms with E-state index in [1.807, 2.05) is 37.4 Å². The first kappa shape index (κ1) is 11.8. The first-order valence-electron chi connectivity index (χ1n) is 4.70. The Bertz CT molecular complexity index is 122. The van der Waals surface area contributed by atoms with Gasteiger partial charge in [-0.2, -0.15) is 11.8 Å². The summed E-state index contributed by atoms with van der Waals surface area (Å²) in [5, 5.41) is 0. The van der Waals surface area contributed by atoms with Gasteiger partial charge < -0.3 is 4.90 Å². The van der Waals surface area contributed by atoms with Crippen molar-refractivity contribution < 1.29 is 4.79 Å². The predicted molar refractivity (Wildman–Crippen MR) is 55.5 cm³/mol. The van der Waals surface area contributed by atoms with Gasteiger partial charge in [-0.25, -0.2) is 0 Å². The summed E-state index contributed by atoms with van der Waals surface area (Å²) in [6, 6.07) is 0. The second-order valence-corrected chi connectivity index (χ2v) is 3.57. The van der Waals surface area contributed by atoms with Gasteiger partial charge in [0.15, 0.2) is 0 Å². The molecule has 0 bridgehead atoms. The van der Waals surface area contributed by atoms with Crippen LogP contribution in [0.1, 0.15) is 27.2 Å². The summed E-state index contributed by atoms with van der Waals surface area (Å²) in [6.45, 7) is 7.83. The lowest BCUT2D eigenvalue weighted by Gasteiger charge is -2.25. The van der Waals surface area contributed by atoms with Crippen LogP contribution in [-0.4, -0.2) is 35.4 Å². The molecule has 0 spiro atoms. The fourth-order valence-electron chi connectivity index (χ4n) is 1.04. The Hall–Kier alpha value is -0.180. The van der Waals surface area contributed by atoms with E-state index in [-0.39, 0.29) is 0 Å². The van der Waals surface area contributed by atoms with Crippen molar-refractivity contribution in [1.82, 2.24) is 4.90 Å². The van der Waals surface area contributed by atoms with E-state index < -0.39 is 0 Å². The normalized spacial score (nSPS) is 16.4. The van der Waals surface area contributed by atoms with Gasteiger partial charge >= 0.3 is 0 Å². The Kier molecular flexibility index (Phi) is 7.36. The maximum absolute atomic E-state index is 11.1. The zero-order chi connectivity index (χ0) is 9.40. The fraction of sp³-hybridized carbons (Fsp3) is 0.889. The highest BCUT2D eigenvalue weighted by Crippen LogP contribution is 2.09. The van der Waals surface area contributed by atoms with Crippen LogP contribution in [0.4, 0.5) is 0 Å². The summed E-state index contributed by atoms with van der Waals surface area (Å²) in [6.07, 6.45) is 0.657. The molecule has 0 atom stereocenters. The monoisotopic (exact) mass is 189 g/mol. The molecule has 0 aromatic carbocycles. The average Bonchev–Trinajstić information content (AvgIpc) is 2.21. The molecule has 0 N–H and O–H groups in total. The molecule has 0 radical (unpaired) electrons. The van der Waals surface area contributed by atoms with Gasteiger partial charge in [0.1, 0.15) is 0 Å². The Morgan fingerprint density at radius 1 is 1.33 bits per heavy atom. The lowest BCUT2D eigenvalue weighted by atomic mass is 10.4. The molecule has 3 heteroatoms. The zero-order valence-electron chi connectivity index (χ0n) is 8.30. The van der Waals surface area contributed by atoms with E-state index in [9.17, 15) is 4.79 Å². The Labute approximate surface area is 79.7 Å². The van der Waals surface area contributed by atoms with E-state index in [1.165, 1.54) is 0 Å². The minimum absolute atomic E-state index is 0.306. The van der Waals surface area contributed by atoms with Gasteiger partial charge in [0.25, 0.3) is 0 Å². The van der Waals surface area contributed by atoms with Crippen molar-refractivity contribution in [2.75, 3.05) is 24.6 Å². The summed E-state index contributed by atoms with van der Waals surface area (Å²) < 4.78 is 0. The molecule has 0 aliphatic carbocycles. The molecule has 2 nitrogen and oxygen atoms in total. The second kappa shape index (κ2) is 7.47. The molecular formula is C9H19NOS. The van der Waals surface area contributed by atoms with Crippen molar-refractivity contribution in [2.24, 2.45) is 0 Å². The van der Waals surface area contributed by atoms with Crippen molar-refractivity contribution in [3.8, 4) is 0 Å². The molecule has 1 fully saturated rings. The van der Waals surface area contributed by atoms with Crippen molar-refractivity contribution in [3.05, 3.63) is 0 Å². The molecule has 1 heterocycles. The highest BCUT2D eigenvalue weighted by Gasteiger charge is 2.13. The number of amides is 1. The molecule has 0 unspecified atom stereocenters. The van der Waals surface area contributed by atoms with Crippen molar-refractivity contribution in [3.63, 3.8) is 0 Å². The third-order valence-corrected chi connectivity index (χ3v) is 2.61. The number of rotatable bonds is 1. The summed E-state index contributed by atoms with van der Waals surface area (Å²) >= 11 is 1.93. The number of thioether (sulfide) groups is 1. The van der Waals surface area contributed by atoms with Crippen molar-refractivity contribution >= 4 is 17.7 Å². The van der Waals surface area contributed by atoms with Gasteiger partial charge in [-0.15, -0.1) is 0 Å². The molecule has 0 aromatic heterocycles. The molecule has 1 amide bonds. The molecule has 0 saturated carbocycles. The number of carbonyl (C=O) groups is 1. The Morgan fingerprint density at radius 2 is 1.83 bits per heavy atom. The van der Waals surface area contributed by atoms with Crippen LogP contribution in [0.15, 0.2) is 0 Å². The molecule has 1 saturated heterocycles. The third-order valence-electron chi connectivity index (χ3n) is 1.67. The SMILES string of the molecule is CC.CCC(=O)N1CCSCC1. The summed E-state index contributed by atoms with van der Waals surface area (Å²) in [7, 11) is 0. The van der Waals surface area contributed by atoms with E-state index in [4.69, 9.17) is 0 Å². The van der Waals surface area contributed by atoms with Crippen LogP contribution in [-0.2, 0) is 4.79 Å². The van der Waals surface area contributed by atoms with E-state index in [2.05, 4.69) is 0 Å². The second-order valence-electron chi connectivity index (χ2n) is 2.35. The van der Waals surface area contributed by atoms with Gasteiger partial charge in [0.2, 0.25) is 5.91 Å². The topological polar surface area (TPSA) is 20.3 Å². The molecule has 72 valence electrons. The van der Waals surface area contributed by atoms with E-state index in [0.717, 1.165) is 24.6 Å². The average molecular weight is 189 g/mol. The molecule has 1 aliphatic heterocycles. The molecule has 12 heavy (non-hydrogen) atoms. The van der Waals surface area contributed by atoms with E-state index >= 15 is 0 Å². The molecule has 0 aromatic rings. The van der Waals surface area contributed by atoms with Crippen LogP contribution < -0.4 is 0 Å². The van der Waals surface area contributed by atoms with Crippen LogP contribution in [0.25, 0.3) is 0 Å². The van der Waals surface area contributed by atoms with E-state index in [0.29, 0.717) is 12.3 Å². The van der Waals surface area contributed by atoms with Gasteiger partial charge in [0, 0.05) is 31.0 Å². The summed E-state index contributed by atoms with van der Waals surface area (Å²) in [5.74, 6) is 2.54. The van der Waals surface area contributed by atoms with Gasteiger partial charge in [-0.1, -0.05) is 20.8 Å². The van der Waals surface area contributed by atoms with Gasteiger partial charge in [-0.3, -0.25) is 4.79 Å². The van der Waals surface area contributed by atoms with Crippen LogP contribution in [0.3, 0.4) is 0 Å². The van der Waals surface area contributed by atoms with Crippen LogP contribution in [0, 0.1) is 0 Å². The predicted octanol–water partition coefficient (Wildman–Crippen LogP) is 2.00. The number of carbonyl (C=O) groups excluding carboxylic acids is 1. The molecule has 1 rings (SSSR count).